The van der Waals surface area contributed by atoms with Gasteiger partial charge in [0.25, 0.3) is 5.91 Å². The Balaban J connectivity index is 1.29. The lowest BCUT2D eigenvalue weighted by molar-refractivity contribution is -0.119. The molecule has 0 radical (unpaired) electrons. The van der Waals surface area contributed by atoms with Crippen LogP contribution in [0.15, 0.2) is 59.0 Å². The van der Waals surface area contributed by atoms with E-state index in [0.29, 0.717) is 27.5 Å². The lowest BCUT2D eigenvalue weighted by atomic mass is 9.96. The number of anilines is 1. The smallest absolute Gasteiger partial charge is 0.375 e. The predicted octanol–water partition coefficient (Wildman–Crippen LogP) is 5.62. The molecule has 0 fully saturated rings. The summed E-state index contributed by atoms with van der Waals surface area (Å²) in [7, 11) is 0. The summed E-state index contributed by atoms with van der Waals surface area (Å²) in [5, 5.41) is 13.6. The number of nitrogens with one attached hydrogen (secondary N) is 1. The van der Waals surface area contributed by atoms with Crippen LogP contribution in [0.5, 0.6) is 5.75 Å². The van der Waals surface area contributed by atoms with Crippen LogP contribution in [0.1, 0.15) is 45.0 Å². The molecule has 0 spiro atoms. The van der Waals surface area contributed by atoms with Crippen LogP contribution < -0.4 is 10.1 Å². The second-order valence-electron chi connectivity index (χ2n) is 8.16. The van der Waals surface area contributed by atoms with Crippen LogP contribution in [-0.2, 0) is 29.0 Å². The van der Waals surface area contributed by atoms with E-state index in [2.05, 4.69) is 11.4 Å². The molecule has 0 saturated heterocycles. The largest absolute Gasteiger partial charge is 0.489 e. The number of hydrogen-bond acceptors (Lipinski definition) is 7. The molecule has 176 valence electrons. The van der Waals surface area contributed by atoms with Gasteiger partial charge < -0.3 is 19.2 Å². The maximum absolute atomic E-state index is 12.9. The second kappa shape index (κ2) is 10.0. The third-order valence-corrected chi connectivity index (χ3v) is 7.09. The Morgan fingerprint density at radius 1 is 1.06 bits per heavy atom. The number of amides is 1. The molecule has 5 rings (SSSR count). The van der Waals surface area contributed by atoms with Gasteiger partial charge in [-0.05, 0) is 49.4 Å². The third-order valence-electron chi connectivity index (χ3n) is 5.88. The first-order chi connectivity index (χ1) is 17.1. The van der Waals surface area contributed by atoms with Crippen molar-refractivity contribution in [2.75, 3.05) is 11.9 Å². The molecule has 8 heteroatoms. The van der Waals surface area contributed by atoms with E-state index in [1.54, 1.807) is 6.07 Å². The molecule has 4 aromatic rings. The van der Waals surface area contributed by atoms with Crippen molar-refractivity contribution in [3.8, 4) is 11.8 Å². The lowest BCUT2D eigenvalue weighted by Gasteiger charge is -2.09. The molecule has 1 N–H and O–H groups in total. The number of carbonyl (C=O) groups excluding carboxylic acids is 2. The molecule has 0 atom stereocenters. The summed E-state index contributed by atoms with van der Waals surface area (Å²) >= 11 is 1.43. The first-order valence-corrected chi connectivity index (χ1v) is 12.2. The number of fused-ring (bicyclic) bond motifs is 2. The molecule has 2 aromatic carbocycles. The minimum Gasteiger partial charge on any atom is -0.489 e. The summed E-state index contributed by atoms with van der Waals surface area (Å²) in [5.41, 5.74) is 2.62. The molecule has 0 aliphatic heterocycles. The average Bonchev–Trinajstić information content (AvgIpc) is 3.44. The number of ether oxygens (including phenoxy) is 2. The van der Waals surface area contributed by atoms with Crippen molar-refractivity contribution in [3.05, 3.63) is 81.9 Å². The summed E-state index contributed by atoms with van der Waals surface area (Å²) in [5.74, 6) is -0.608. The van der Waals surface area contributed by atoms with Gasteiger partial charge in [0.05, 0.1) is 11.1 Å². The number of nitrogens with zero attached hydrogens (tertiary/aromatic N) is 1. The molecule has 2 aromatic heterocycles. The van der Waals surface area contributed by atoms with Crippen LogP contribution in [0.4, 0.5) is 5.00 Å². The van der Waals surface area contributed by atoms with E-state index < -0.39 is 18.5 Å². The minimum absolute atomic E-state index is 0.000710. The Morgan fingerprint density at radius 2 is 1.83 bits per heavy atom. The monoisotopic (exact) mass is 486 g/mol. The van der Waals surface area contributed by atoms with Crippen molar-refractivity contribution in [3.63, 3.8) is 0 Å². The van der Waals surface area contributed by atoms with E-state index >= 15 is 0 Å². The van der Waals surface area contributed by atoms with Crippen molar-refractivity contribution in [2.45, 2.75) is 32.3 Å². The van der Waals surface area contributed by atoms with Gasteiger partial charge in [0.1, 0.15) is 29.0 Å². The fraction of sp³-hybridized carbons (Fsp3) is 0.222. The minimum atomic E-state index is -0.756. The number of hydrogen-bond donors (Lipinski definition) is 1. The molecule has 1 amide bonds. The molecule has 0 bridgehead atoms. The van der Waals surface area contributed by atoms with E-state index in [0.717, 1.165) is 41.5 Å². The van der Waals surface area contributed by atoms with Crippen molar-refractivity contribution in [2.24, 2.45) is 0 Å². The van der Waals surface area contributed by atoms with Gasteiger partial charge in [-0.1, -0.05) is 36.4 Å². The number of esters is 1. The zero-order valence-corrected chi connectivity index (χ0v) is 19.7. The van der Waals surface area contributed by atoms with Gasteiger partial charge in [-0.15, -0.1) is 11.3 Å². The van der Waals surface area contributed by atoms with Gasteiger partial charge in [0.15, 0.2) is 6.61 Å². The van der Waals surface area contributed by atoms with Gasteiger partial charge in [-0.25, -0.2) is 4.79 Å². The van der Waals surface area contributed by atoms with Crippen LogP contribution >= 0.6 is 11.3 Å². The second-order valence-corrected chi connectivity index (χ2v) is 9.26. The Labute approximate surface area is 205 Å². The summed E-state index contributed by atoms with van der Waals surface area (Å²) < 4.78 is 16.9. The van der Waals surface area contributed by atoms with Gasteiger partial charge in [-0.2, -0.15) is 5.26 Å². The number of rotatable bonds is 7. The standard InChI is InChI=1S/C27H22N2O5S/c28-14-20-19-11-5-7-13-23(19)35-26(20)29-24(30)16-33-27(31)25-21(15-32-17-8-2-1-3-9-17)18-10-4-6-12-22(18)34-25/h1-4,6,8-10,12H,5,7,11,13,15-16H2,(H,29,30). The highest BCUT2D eigenvalue weighted by Gasteiger charge is 2.25. The van der Waals surface area contributed by atoms with Gasteiger partial charge in [0.2, 0.25) is 5.76 Å². The number of para-hydroxylation sites is 2. The fourth-order valence-corrected chi connectivity index (χ4v) is 5.47. The van der Waals surface area contributed by atoms with Crippen LogP contribution in [0.2, 0.25) is 0 Å². The van der Waals surface area contributed by atoms with Crippen LogP contribution in [-0.4, -0.2) is 18.5 Å². The lowest BCUT2D eigenvalue weighted by Crippen LogP contribution is -2.21. The van der Waals surface area contributed by atoms with Crippen molar-refractivity contribution >= 4 is 39.2 Å². The third kappa shape index (κ3) is 4.77. The summed E-state index contributed by atoms with van der Waals surface area (Å²) in [6.07, 6.45) is 3.88. The number of thiophene rings is 1. The Morgan fingerprint density at radius 3 is 2.66 bits per heavy atom. The highest BCUT2D eigenvalue weighted by molar-refractivity contribution is 7.16. The summed E-state index contributed by atoms with van der Waals surface area (Å²) in [6.45, 7) is -0.397. The molecule has 1 aliphatic carbocycles. The molecule has 7 nitrogen and oxygen atoms in total. The molecule has 35 heavy (non-hydrogen) atoms. The first kappa shape index (κ1) is 22.7. The van der Waals surface area contributed by atoms with E-state index in [4.69, 9.17) is 13.9 Å². The number of furan rings is 1. The topological polar surface area (TPSA) is 102 Å². The zero-order valence-electron chi connectivity index (χ0n) is 18.8. The maximum Gasteiger partial charge on any atom is 0.375 e. The Bertz CT molecular complexity index is 1430. The average molecular weight is 487 g/mol. The fourth-order valence-electron chi connectivity index (χ4n) is 4.21. The number of carbonyl (C=O) groups is 2. The van der Waals surface area contributed by atoms with Crippen molar-refractivity contribution in [1.82, 2.24) is 0 Å². The molecule has 0 unspecified atom stereocenters. The SMILES string of the molecule is N#Cc1c(NC(=O)COC(=O)c2oc3ccccc3c2COc2ccccc2)sc2c1CCCC2. The Hall–Kier alpha value is -4.09. The predicted molar refractivity (Wildman–Crippen MR) is 132 cm³/mol. The quantitative estimate of drug-likeness (QED) is 0.340. The molecule has 1 aliphatic rings. The summed E-state index contributed by atoms with van der Waals surface area (Å²) in [4.78, 5) is 26.6. The molecule has 2 heterocycles. The van der Waals surface area contributed by atoms with Crippen molar-refractivity contribution in [1.29, 1.82) is 5.26 Å². The Kier molecular flexibility index (Phi) is 6.51. The highest BCUT2D eigenvalue weighted by Crippen LogP contribution is 2.37. The van der Waals surface area contributed by atoms with Crippen LogP contribution in [0, 0.1) is 11.3 Å². The molecule has 0 saturated carbocycles. The number of benzene rings is 2. The normalized spacial score (nSPS) is 12.5. The van der Waals surface area contributed by atoms with E-state index in [-0.39, 0.29) is 12.4 Å². The number of nitriles is 1. The maximum atomic E-state index is 12.9. The highest BCUT2D eigenvalue weighted by atomic mass is 32.1. The summed E-state index contributed by atoms with van der Waals surface area (Å²) in [6, 6.07) is 18.7. The van der Waals surface area contributed by atoms with Crippen LogP contribution in [0.25, 0.3) is 11.0 Å². The molecular weight excluding hydrogens is 464 g/mol. The van der Waals surface area contributed by atoms with Crippen LogP contribution in [0.3, 0.4) is 0 Å². The first-order valence-electron chi connectivity index (χ1n) is 11.3. The van der Waals surface area contributed by atoms with Gasteiger partial charge in [-0.3, -0.25) is 4.79 Å². The van der Waals surface area contributed by atoms with Gasteiger partial charge in [0, 0.05) is 10.3 Å². The molecular formula is C27H22N2O5S. The van der Waals surface area contributed by atoms with Crippen molar-refractivity contribution < 1.29 is 23.5 Å². The van der Waals surface area contributed by atoms with E-state index in [1.807, 2.05) is 48.5 Å². The number of aryl methyl sites for hydroxylation is 1. The zero-order chi connectivity index (χ0) is 24.2. The van der Waals surface area contributed by atoms with E-state index in [9.17, 15) is 14.9 Å². The van der Waals surface area contributed by atoms with E-state index in [1.165, 1.54) is 11.3 Å². The van der Waals surface area contributed by atoms with Gasteiger partial charge >= 0.3 is 5.97 Å².